The first-order valence-electron chi connectivity index (χ1n) is 7.73. The Kier molecular flexibility index (Phi) is 11.4. The van der Waals surface area contributed by atoms with Crippen LogP contribution in [0, 0.1) is 11.3 Å². The molecule has 0 unspecified atom stereocenters. The number of halogens is 1. The summed E-state index contributed by atoms with van der Waals surface area (Å²) in [6.45, 7) is 14.5. The second-order valence-electron chi connectivity index (χ2n) is 6.25. The highest BCUT2D eigenvalue weighted by atomic mass is 127. The van der Waals surface area contributed by atoms with Crippen LogP contribution >= 0.6 is 24.0 Å². The van der Waals surface area contributed by atoms with Crippen molar-refractivity contribution in [1.29, 1.82) is 0 Å². The molecule has 1 aliphatic rings. The van der Waals surface area contributed by atoms with Crippen molar-refractivity contribution in [2.24, 2.45) is 16.3 Å². The number of guanidine groups is 1. The molecule has 0 amide bonds. The Balaban J connectivity index is 0.00000400. The summed E-state index contributed by atoms with van der Waals surface area (Å²) in [5.74, 6) is 1.50. The summed E-state index contributed by atoms with van der Waals surface area (Å²) in [5.41, 5.74) is 0.225. The smallest absolute Gasteiger partial charge is 0.191 e. The van der Waals surface area contributed by atoms with Gasteiger partial charge in [-0.1, -0.05) is 20.8 Å². The Bertz CT molecular complexity index is 295. The van der Waals surface area contributed by atoms with E-state index in [1.165, 1.54) is 0 Å². The molecule has 0 saturated carbocycles. The lowest BCUT2D eigenvalue weighted by Crippen LogP contribution is -2.44. The van der Waals surface area contributed by atoms with E-state index in [9.17, 15) is 0 Å². The van der Waals surface area contributed by atoms with Crippen LogP contribution in [-0.2, 0) is 9.47 Å². The molecule has 0 spiro atoms. The van der Waals surface area contributed by atoms with Crippen molar-refractivity contribution in [3.8, 4) is 0 Å². The van der Waals surface area contributed by atoms with Gasteiger partial charge in [0.15, 0.2) is 5.96 Å². The fourth-order valence-electron chi connectivity index (χ4n) is 1.85. The fraction of sp³-hybridized carbons (Fsp3) is 0.933. The van der Waals surface area contributed by atoms with Crippen LogP contribution in [0.2, 0.25) is 0 Å². The quantitative estimate of drug-likeness (QED) is 0.264. The molecule has 6 heteroatoms. The van der Waals surface area contributed by atoms with Gasteiger partial charge in [-0.3, -0.25) is 4.99 Å². The summed E-state index contributed by atoms with van der Waals surface area (Å²) < 4.78 is 10.8. The van der Waals surface area contributed by atoms with Gasteiger partial charge in [0.1, 0.15) is 0 Å². The second-order valence-corrected chi connectivity index (χ2v) is 6.25. The maximum atomic E-state index is 5.56. The maximum Gasteiger partial charge on any atom is 0.191 e. The minimum Gasteiger partial charge on any atom is -0.381 e. The zero-order chi connectivity index (χ0) is 14.8. The van der Waals surface area contributed by atoms with Crippen LogP contribution in [0.15, 0.2) is 4.99 Å². The molecular formula is C15H32IN3O2. The van der Waals surface area contributed by atoms with Gasteiger partial charge in [-0.2, -0.15) is 0 Å². The number of hydrogen-bond acceptors (Lipinski definition) is 3. The molecule has 0 radical (unpaired) electrons. The maximum absolute atomic E-state index is 5.56. The van der Waals surface area contributed by atoms with E-state index in [1.54, 1.807) is 0 Å². The van der Waals surface area contributed by atoms with Crippen molar-refractivity contribution in [3.63, 3.8) is 0 Å². The van der Waals surface area contributed by atoms with Crippen molar-refractivity contribution in [2.45, 2.75) is 34.1 Å². The van der Waals surface area contributed by atoms with E-state index in [0.717, 1.165) is 58.4 Å². The van der Waals surface area contributed by atoms with Crippen LogP contribution in [0.3, 0.4) is 0 Å². The zero-order valence-corrected chi connectivity index (χ0v) is 16.2. The van der Waals surface area contributed by atoms with Gasteiger partial charge < -0.3 is 20.1 Å². The normalized spacial score (nSPS) is 17.1. The highest BCUT2D eigenvalue weighted by Crippen LogP contribution is 2.26. The fourth-order valence-corrected chi connectivity index (χ4v) is 1.85. The van der Waals surface area contributed by atoms with Gasteiger partial charge in [0.2, 0.25) is 0 Å². The van der Waals surface area contributed by atoms with E-state index < -0.39 is 0 Å². The van der Waals surface area contributed by atoms with Crippen LogP contribution in [-0.4, -0.2) is 52.0 Å². The van der Waals surface area contributed by atoms with Gasteiger partial charge in [-0.05, 0) is 19.3 Å². The molecule has 0 aromatic heterocycles. The van der Waals surface area contributed by atoms with Gasteiger partial charge in [0.25, 0.3) is 0 Å². The monoisotopic (exact) mass is 413 g/mol. The first-order chi connectivity index (χ1) is 9.56. The van der Waals surface area contributed by atoms with Crippen molar-refractivity contribution < 1.29 is 9.47 Å². The zero-order valence-electron chi connectivity index (χ0n) is 13.9. The van der Waals surface area contributed by atoms with Crippen LogP contribution in [0.1, 0.15) is 34.1 Å². The number of nitrogens with one attached hydrogen (secondary N) is 2. The Hall–Kier alpha value is -0.0800. The Labute approximate surface area is 146 Å². The van der Waals surface area contributed by atoms with Gasteiger partial charge in [-0.15, -0.1) is 24.0 Å². The molecule has 5 nitrogen and oxygen atoms in total. The van der Waals surface area contributed by atoms with Gasteiger partial charge in [0, 0.05) is 31.7 Å². The summed E-state index contributed by atoms with van der Waals surface area (Å²) >= 11 is 0. The largest absolute Gasteiger partial charge is 0.381 e. The molecule has 0 aromatic carbocycles. The second kappa shape index (κ2) is 11.5. The lowest BCUT2D eigenvalue weighted by Gasteiger charge is -2.36. The first kappa shape index (κ1) is 20.9. The molecule has 1 heterocycles. The minimum atomic E-state index is 0. The molecular weight excluding hydrogens is 381 g/mol. The number of hydrogen-bond donors (Lipinski definition) is 2. The molecule has 1 rings (SSSR count). The van der Waals surface area contributed by atoms with Crippen LogP contribution in [0.5, 0.6) is 0 Å². The number of aliphatic imine (C=N–C) groups is 1. The third-order valence-electron chi connectivity index (χ3n) is 3.07. The Morgan fingerprint density at radius 3 is 2.57 bits per heavy atom. The van der Waals surface area contributed by atoms with E-state index in [-0.39, 0.29) is 29.4 Å². The lowest BCUT2D eigenvalue weighted by molar-refractivity contribution is -0.0945. The van der Waals surface area contributed by atoms with Gasteiger partial charge in [-0.25, -0.2) is 0 Å². The van der Waals surface area contributed by atoms with E-state index in [0.29, 0.717) is 5.92 Å². The molecule has 0 aliphatic carbocycles. The molecule has 0 atom stereocenters. The lowest BCUT2D eigenvalue weighted by atomic mass is 9.89. The van der Waals surface area contributed by atoms with E-state index >= 15 is 0 Å². The summed E-state index contributed by atoms with van der Waals surface area (Å²) in [4.78, 5) is 4.63. The third-order valence-corrected chi connectivity index (χ3v) is 3.07. The van der Waals surface area contributed by atoms with Gasteiger partial charge in [0.05, 0.1) is 19.8 Å². The van der Waals surface area contributed by atoms with Crippen LogP contribution in [0.25, 0.3) is 0 Å². The molecule has 1 aliphatic heterocycles. The number of nitrogens with zero attached hydrogens (tertiary/aromatic N) is 1. The SMILES string of the molecule is CCNC(=NCC1(C)COC1)NCCCOCC(C)C.I. The molecule has 0 bridgehead atoms. The first-order valence-corrected chi connectivity index (χ1v) is 7.73. The van der Waals surface area contributed by atoms with Crippen molar-refractivity contribution >= 4 is 29.9 Å². The average Bonchev–Trinajstić information content (AvgIpc) is 2.37. The molecule has 0 aromatic rings. The van der Waals surface area contributed by atoms with E-state index in [2.05, 4.69) is 43.3 Å². The summed E-state index contributed by atoms with van der Waals surface area (Å²) in [6.07, 6.45) is 0.998. The molecule has 1 fully saturated rings. The average molecular weight is 413 g/mol. The molecule has 1 saturated heterocycles. The summed E-state index contributed by atoms with van der Waals surface area (Å²) in [5, 5.41) is 6.62. The predicted octanol–water partition coefficient (Wildman–Crippen LogP) is 2.26. The minimum absolute atomic E-state index is 0. The van der Waals surface area contributed by atoms with E-state index in [1.807, 2.05) is 0 Å². The van der Waals surface area contributed by atoms with Crippen LogP contribution < -0.4 is 10.6 Å². The Morgan fingerprint density at radius 2 is 2.05 bits per heavy atom. The predicted molar refractivity (Wildman–Crippen MR) is 98.6 cm³/mol. The van der Waals surface area contributed by atoms with E-state index in [4.69, 9.17) is 9.47 Å². The number of rotatable bonds is 9. The molecule has 2 N–H and O–H groups in total. The molecule has 21 heavy (non-hydrogen) atoms. The summed E-state index contributed by atoms with van der Waals surface area (Å²) in [6, 6.07) is 0. The molecule has 126 valence electrons. The standard InChI is InChI=1S/C15H31N3O2.HI/c1-5-16-14(18-10-15(4)11-20-12-15)17-7-6-8-19-9-13(2)3;/h13H,5-12H2,1-4H3,(H2,16,17,18);1H. The van der Waals surface area contributed by atoms with Crippen molar-refractivity contribution in [1.82, 2.24) is 10.6 Å². The topological polar surface area (TPSA) is 54.9 Å². The Morgan fingerprint density at radius 1 is 1.33 bits per heavy atom. The number of ether oxygens (including phenoxy) is 2. The van der Waals surface area contributed by atoms with Gasteiger partial charge >= 0.3 is 0 Å². The van der Waals surface area contributed by atoms with Crippen LogP contribution in [0.4, 0.5) is 0 Å². The van der Waals surface area contributed by atoms with Crippen molar-refractivity contribution in [3.05, 3.63) is 0 Å². The summed E-state index contributed by atoms with van der Waals surface area (Å²) in [7, 11) is 0. The third kappa shape index (κ3) is 9.52. The highest BCUT2D eigenvalue weighted by molar-refractivity contribution is 14.0. The highest BCUT2D eigenvalue weighted by Gasteiger charge is 2.33. The van der Waals surface area contributed by atoms with Crippen molar-refractivity contribution in [2.75, 3.05) is 46.1 Å².